The van der Waals surface area contributed by atoms with Gasteiger partial charge in [-0.05, 0) is 18.4 Å². The van der Waals surface area contributed by atoms with Crippen LogP contribution in [0.5, 0.6) is 0 Å². The average molecular weight is 263 g/mol. The van der Waals surface area contributed by atoms with Crippen molar-refractivity contribution in [3.63, 3.8) is 0 Å². The van der Waals surface area contributed by atoms with Crippen LogP contribution in [0.1, 0.15) is 18.4 Å². The zero-order valence-electron chi connectivity index (χ0n) is 10.8. The number of esters is 1. The minimum absolute atomic E-state index is 0.124. The van der Waals surface area contributed by atoms with Crippen LogP contribution in [-0.2, 0) is 19.7 Å². The predicted molar refractivity (Wildman–Crippen MR) is 68.1 cm³/mol. The third-order valence-corrected chi connectivity index (χ3v) is 4.08. The van der Waals surface area contributed by atoms with Gasteiger partial charge in [-0.15, -0.1) is 0 Å². The van der Waals surface area contributed by atoms with Gasteiger partial charge in [0.1, 0.15) is 0 Å². The Morgan fingerprint density at radius 2 is 2.00 bits per heavy atom. The molecule has 19 heavy (non-hydrogen) atoms. The first-order chi connectivity index (χ1) is 9.05. The van der Waals surface area contributed by atoms with E-state index in [1.165, 1.54) is 7.11 Å². The van der Waals surface area contributed by atoms with Crippen molar-refractivity contribution < 1.29 is 19.4 Å². The Morgan fingerprint density at radius 1 is 1.37 bits per heavy atom. The molecule has 1 aliphatic rings. The van der Waals surface area contributed by atoms with Crippen molar-refractivity contribution >= 4 is 11.9 Å². The first-order valence-corrected chi connectivity index (χ1v) is 6.10. The van der Waals surface area contributed by atoms with Crippen molar-refractivity contribution in [3.8, 4) is 0 Å². The molecule has 1 fully saturated rings. The molecule has 0 aromatic heterocycles. The summed E-state index contributed by atoms with van der Waals surface area (Å²) >= 11 is 0. The highest BCUT2D eigenvalue weighted by molar-refractivity contribution is 6.08. The van der Waals surface area contributed by atoms with E-state index in [0.717, 1.165) is 5.56 Å². The predicted octanol–water partition coefficient (Wildman–Crippen LogP) is 0.355. The van der Waals surface area contributed by atoms with Crippen LogP contribution in [0, 0.1) is 5.41 Å². The molecule has 1 aromatic rings. The zero-order valence-corrected chi connectivity index (χ0v) is 10.8. The molecule has 1 aromatic carbocycles. The number of amides is 1. The van der Waals surface area contributed by atoms with E-state index in [9.17, 15) is 14.7 Å². The number of nitrogens with two attached hydrogens (primary N) is 1. The minimum atomic E-state index is -1.36. The second-order valence-corrected chi connectivity index (χ2v) is 4.86. The standard InChI is InChI=1S/C14H17NO4/c1-19-12(18)14(11(15)17)9-13(14,7-8-16)10-5-3-2-4-6-10/h2-6,16H,7-9H2,1H3,(H2,15,17). The molecular weight excluding hydrogens is 246 g/mol. The van der Waals surface area contributed by atoms with Crippen molar-refractivity contribution in [1.29, 1.82) is 0 Å². The first kappa shape index (κ1) is 13.5. The lowest BCUT2D eigenvalue weighted by atomic mass is 9.83. The highest BCUT2D eigenvalue weighted by Gasteiger charge is 2.76. The minimum Gasteiger partial charge on any atom is -0.468 e. The summed E-state index contributed by atoms with van der Waals surface area (Å²) in [6, 6.07) is 9.18. The molecule has 2 unspecified atom stereocenters. The van der Waals surface area contributed by atoms with Gasteiger partial charge in [0, 0.05) is 12.0 Å². The number of benzene rings is 1. The van der Waals surface area contributed by atoms with Gasteiger partial charge in [0.05, 0.1) is 7.11 Å². The Bertz CT molecular complexity index is 501. The highest BCUT2D eigenvalue weighted by Crippen LogP contribution is 2.67. The molecule has 1 saturated carbocycles. The van der Waals surface area contributed by atoms with Gasteiger partial charge in [-0.25, -0.2) is 0 Å². The van der Waals surface area contributed by atoms with E-state index >= 15 is 0 Å². The SMILES string of the molecule is COC(=O)C1(C(N)=O)CC1(CCO)c1ccccc1. The molecule has 0 spiro atoms. The number of primary amides is 1. The molecule has 0 bridgehead atoms. The fourth-order valence-electron chi connectivity index (χ4n) is 3.02. The molecule has 3 N–H and O–H groups in total. The zero-order chi connectivity index (χ0) is 14.1. The Kier molecular flexibility index (Phi) is 3.32. The number of aliphatic hydroxyl groups is 1. The van der Waals surface area contributed by atoms with Crippen LogP contribution in [0.3, 0.4) is 0 Å². The molecule has 1 aliphatic carbocycles. The summed E-state index contributed by atoms with van der Waals surface area (Å²) in [6.07, 6.45) is 0.585. The van der Waals surface area contributed by atoms with Crippen molar-refractivity contribution in [2.45, 2.75) is 18.3 Å². The largest absolute Gasteiger partial charge is 0.468 e. The third kappa shape index (κ3) is 1.73. The van der Waals surface area contributed by atoms with E-state index in [-0.39, 0.29) is 13.0 Å². The lowest BCUT2D eigenvalue weighted by Crippen LogP contribution is -2.40. The average Bonchev–Trinajstić information content (AvgIpc) is 3.11. The molecule has 2 rings (SSSR count). The van der Waals surface area contributed by atoms with E-state index in [1.54, 1.807) is 0 Å². The smallest absolute Gasteiger partial charge is 0.322 e. The van der Waals surface area contributed by atoms with Crippen LogP contribution >= 0.6 is 0 Å². The summed E-state index contributed by atoms with van der Waals surface area (Å²) in [7, 11) is 1.24. The van der Waals surface area contributed by atoms with Gasteiger partial charge < -0.3 is 15.6 Å². The summed E-state index contributed by atoms with van der Waals surface area (Å²) < 4.78 is 4.74. The molecule has 0 saturated heterocycles. The number of ether oxygens (including phenoxy) is 1. The molecular formula is C14H17NO4. The fourth-order valence-corrected chi connectivity index (χ4v) is 3.02. The van der Waals surface area contributed by atoms with Gasteiger partial charge in [0.2, 0.25) is 5.91 Å². The maximum absolute atomic E-state index is 12.0. The summed E-state index contributed by atoms with van der Waals surface area (Å²) in [5.74, 6) is -1.33. The molecule has 0 radical (unpaired) electrons. The molecule has 2 atom stereocenters. The van der Waals surface area contributed by atoms with Crippen LogP contribution in [-0.4, -0.2) is 30.7 Å². The van der Waals surface area contributed by atoms with Gasteiger partial charge in [0.15, 0.2) is 5.41 Å². The quantitative estimate of drug-likeness (QED) is 0.592. The Labute approximate surface area is 111 Å². The molecule has 1 amide bonds. The monoisotopic (exact) mass is 263 g/mol. The summed E-state index contributed by atoms with van der Waals surface area (Å²) in [5.41, 5.74) is 4.15. The molecule has 0 aliphatic heterocycles. The van der Waals surface area contributed by atoms with Gasteiger partial charge in [-0.3, -0.25) is 9.59 Å². The molecule has 0 heterocycles. The first-order valence-electron chi connectivity index (χ1n) is 6.10. The van der Waals surface area contributed by atoms with Crippen molar-refractivity contribution in [3.05, 3.63) is 35.9 Å². The van der Waals surface area contributed by atoms with Crippen LogP contribution in [0.15, 0.2) is 30.3 Å². The van der Waals surface area contributed by atoms with E-state index in [0.29, 0.717) is 6.42 Å². The number of hydrogen-bond donors (Lipinski definition) is 2. The Balaban J connectivity index is 2.50. The van der Waals surface area contributed by atoms with E-state index in [1.807, 2.05) is 30.3 Å². The molecule has 5 heteroatoms. The summed E-state index contributed by atoms with van der Waals surface area (Å²) in [5, 5.41) is 9.27. The molecule has 102 valence electrons. The van der Waals surface area contributed by atoms with Crippen LogP contribution in [0.2, 0.25) is 0 Å². The van der Waals surface area contributed by atoms with Crippen LogP contribution < -0.4 is 5.73 Å². The van der Waals surface area contributed by atoms with Crippen LogP contribution in [0.25, 0.3) is 0 Å². The lowest BCUT2D eigenvalue weighted by Gasteiger charge is -2.21. The van der Waals surface area contributed by atoms with E-state index in [2.05, 4.69) is 0 Å². The summed E-state index contributed by atoms with van der Waals surface area (Å²) in [4.78, 5) is 23.8. The Hall–Kier alpha value is -1.88. The number of methoxy groups -OCH3 is 1. The number of carbonyl (C=O) groups excluding carboxylic acids is 2. The second-order valence-electron chi connectivity index (χ2n) is 4.86. The Morgan fingerprint density at radius 3 is 2.47 bits per heavy atom. The third-order valence-electron chi connectivity index (χ3n) is 4.08. The number of rotatable bonds is 5. The highest BCUT2D eigenvalue weighted by atomic mass is 16.5. The van der Waals surface area contributed by atoms with E-state index in [4.69, 9.17) is 10.5 Å². The molecule has 5 nitrogen and oxygen atoms in total. The topological polar surface area (TPSA) is 89.6 Å². The van der Waals surface area contributed by atoms with Crippen LogP contribution in [0.4, 0.5) is 0 Å². The number of carbonyl (C=O) groups is 2. The fraction of sp³-hybridized carbons (Fsp3) is 0.429. The normalized spacial score (nSPS) is 28.7. The van der Waals surface area contributed by atoms with Gasteiger partial charge in [-0.2, -0.15) is 0 Å². The van der Waals surface area contributed by atoms with Crippen molar-refractivity contribution in [2.24, 2.45) is 11.1 Å². The van der Waals surface area contributed by atoms with Gasteiger partial charge >= 0.3 is 5.97 Å². The maximum Gasteiger partial charge on any atom is 0.322 e. The lowest BCUT2D eigenvalue weighted by molar-refractivity contribution is -0.152. The maximum atomic E-state index is 12.0. The second kappa shape index (κ2) is 4.66. The van der Waals surface area contributed by atoms with Crippen molar-refractivity contribution in [1.82, 2.24) is 0 Å². The number of hydrogen-bond acceptors (Lipinski definition) is 4. The van der Waals surface area contributed by atoms with Gasteiger partial charge in [0.25, 0.3) is 0 Å². The van der Waals surface area contributed by atoms with E-state index < -0.39 is 22.7 Å². The summed E-state index contributed by atoms with van der Waals surface area (Å²) in [6.45, 7) is -0.124. The van der Waals surface area contributed by atoms with Crippen molar-refractivity contribution in [2.75, 3.05) is 13.7 Å². The van der Waals surface area contributed by atoms with Gasteiger partial charge in [-0.1, -0.05) is 30.3 Å². The number of aliphatic hydroxyl groups excluding tert-OH is 1.